The molecule has 0 saturated heterocycles. The molecule has 0 heterocycles. The van der Waals surface area contributed by atoms with E-state index in [0.29, 0.717) is 5.56 Å². The third-order valence-electron chi connectivity index (χ3n) is 1.85. The average molecular weight is 231 g/mol. The zero-order valence-electron chi connectivity index (χ0n) is 8.26. The van der Waals surface area contributed by atoms with Crippen molar-refractivity contribution in [3.8, 4) is 0 Å². The van der Waals surface area contributed by atoms with Crippen LogP contribution < -0.4 is 5.32 Å². The van der Waals surface area contributed by atoms with Crippen LogP contribution in [0.25, 0.3) is 0 Å². The highest BCUT2D eigenvalue weighted by Gasteiger charge is 2.24. The summed E-state index contributed by atoms with van der Waals surface area (Å²) in [6, 6.07) is 5.97. The predicted octanol–water partition coefficient (Wildman–Crippen LogP) is 2.25. The number of hydrogen-bond acceptors (Lipinski definition) is 1. The highest BCUT2D eigenvalue weighted by Crippen LogP contribution is 2.34. The van der Waals surface area contributed by atoms with Crippen LogP contribution in [0.3, 0.4) is 0 Å². The lowest BCUT2D eigenvalue weighted by atomic mass is 10.1. The molecule has 1 aromatic rings. The Labute approximate surface area is 89.3 Å². The molecule has 15 heavy (non-hydrogen) atoms. The van der Waals surface area contributed by atoms with Crippen LogP contribution in [0.5, 0.6) is 0 Å². The number of carbonyl (C=O) groups excluding carboxylic acids is 1. The van der Waals surface area contributed by atoms with Crippen molar-refractivity contribution >= 4 is 15.1 Å². The summed E-state index contributed by atoms with van der Waals surface area (Å²) < 4.78 is 25.8. The number of carbonyl (C=O) groups is 1. The molecule has 1 unspecified atom stereocenters. The van der Waals surface area contributed by atoms with E-state index in [4.69, 9.17) is 0 Å². The first-order valence-electron chi connectivity index (χ1n) is 4.40. The maximum Gasteiger partial charge on any atom is 0.283 e. The maximum atomic E-state index is 12.9. The van der Waals surface area contributed by atoms with Gasteiger partial charge in [-0.25, -0.2) is 0 Å². The molecule has 0 aromatic heterocycles. The van der Waals surface area contributed by atoms with Crippen LogP contribution in [-0.4, -0.2) is 5.91 Å². The van der Waals surface area contributed by atoms with Gasteiger partial charge in [0.2, 0.25) is 5.91 Å². The fraction of sp³-hybridized carbons (Fsp3) is 0.300. The van der Waals surface area contributed by atoms with Crippen LogP contribution in [0.4, 0.5) is 8.78 Å². The summed E-state index contributed by atoms with van der Waals surface area (Å²) in [6.45, 7) is 1.65. The van der Waals surface area contributed by atoms with Crippen LogP contribution in [-0.2, 0) is 17.0 Å². The molecule has 0 aliphatic heterocycles. The Morgan fingerprint density at radius 2 is 2.20 bits per heavy atom. The van der Waals surface area contributed by atoms with Gasteiger partial charge in [0, 0.05) is 19.0 Å². The van der Waals surface area contributed by atoms with Gasteiger partial charge in [-0.05, 0) is 11.6 Å². The summed E-state index contributed by atoms with van der Waals surface area (Å²) in [7, 11) is 1.49. The minimum atomic E-state index is -2.92. The minimum absolute atomic E-state index is 0.0737. The maximum absolute atomic E-state index is 12.9. The van der Waals surface area contributed by atoms with E-state index in [1.54, 1.807) is 12.1 Å². The number of amides is 1. The second-order valence-electron chi connectivity index (χ2n) is 3.23. The molecular formula is C10H12F2NOP. The zero-order chi connectivity index (χ0) is 11.5. The number of nitrogens with one attached hydrogen (secondary N) is 1. The zero-order valence-corrected chi connectivity index (χ0v) is 9.41. The molecule has 0 saturated carbocycles. The van der Waals surface area contributed by atoms with E-state index >= 15 is 0 Å². The van der Waals surface area contributed by atoms with Crippen molar-refractivity contribution in [2.24, 2.45) is 0 Å². The molecule has 0 radical (unpaired) electrons. The lowest BCUT2D eigenvalue weighted by Crippen LogP contribution is -2.19. The van der Waals surface area contributed by atoms with Crippen molar-refractivity contribution in [3.05, 3.63) is 35.4 Å². The summed E-state index contributed by atoms with van der Waals surface area (Å²) in [5, 5.41) is 2.55. The van der Waals surface area contributed by atoms with Crippen LogP contribution in [0.1, 0.15) is 18.1 Å². The molecule has 82 valence electrons. The number of rotatable bonds is 3. The second kappa shape index (κ2) is 4.67. The lowest BCUT2D eigenvalue weighted by molar-refractivity contribution is -0.119. The van der Waals surface area contributed by atoms with Crippen LogP contribution in [0, 0.1) is 0 Å². The van der Waals surface area contributed by atoms with Gasteiger partial charge in [0.05, 0.1) is 0 Å². The van der Waals surface area contributed by atoms with E-state index in [9.17, 15) is 13.6 Å². The van der Waals surface area contributed by atoms with Crippen molar-refractivity contribution < 1.29 is 13.6 Å². The Balaban J connectivity index is 2.79. The number of halogens is 2. The SMILES string of the molecule is CC(=O)NCc1cccc(C(F)(F)P)c1. The van der Waals surface area contributed by atoms with Gasteiger partial charge in [0.1, 0.15) is 0 Å². The molecule has 0 aliphatic rings. The Morgan fingerprint density at radius 1 is 1.53 bits per heavy atom. The van der Waals surface area contributed by atoms with Crippen LogP contribution >= 0.6 is 9.24 Å². The first-order valence-corrected chi connectivity index (χ1v) is 4.98. The molecule has 2 nitrogen and oxygen atoms in total. The molecule has 0 fully saturated rings. The summed E-state index contributed by atoms with van der Waals surface area (Å²) in [5.41, 5.74) is -2.34. The second-order valence-corrected chi connectivity index (χ2v) is 3.96. The first-order chi connectivity index (χ1) is 6.89. The van der Waals surface area contributed by atoms with Crippen molar-refractivity contribution in [3.63, 3.8) is 0 Å². The predicted molar refractivity (Wildman–Crippen MR) is 57.6 cm³/mol. The normalized spacial score (nSPS) is 11.2. The van der Waals surface area contributed by atoms with Crippen molar-refractivity contribution in [1.82, 2.24) is 5.32 Å². The highest BCUT2D eigenvalue weighted by atomic mass is 31.0. The third-order valence-corrected chi connectivity index (χ3v) is 2.19. The molecule has 1 N–H and O–H groups in total. The van der Waals surface area contributed by atoms with Gasteiger partial charge in [-0.3, -0.25) is 4.79 Å². The quantitative estimate of drug-likeness (QED) is 0.794. The van der Waals surface area contributed by atoms with E-state index in [-0.39, 0.29) is 18.0 Å². The largest absolute Gasteiger partial charge is 0.352 e. The van der Waals surface area contributed by atoms with Gasteiger partial charge >= 0.3 is 0 Å². The number of benzene rings is 1. The van der Waals surface area contributed by atoms with Crippen molar-refractivity contribution in [2.75, 3.05) is 0 Å². The molecule has 1 rings (SSSR count). The smallest absolute Gasteiger partial charge is 0.283 e. The molecule has 5 heteroatoms. The number of alkyl halides is 2. The van der Waals surface area contributed by atoms with E-state index in [0.717, 1.165) is 0 Å². The fourth-order valence-electron chi connectivity index (χ4n) is 1.12. The Morgan fingerprint density at radius 3 is 2.73 bits per heavy atom. The van der Waals surface area contributed by atoms with E-state index < -0.39 is 5.66 Å². The van der Waals surface area contributed by atoms with Gasteiger partial charge in [0.15, 0.2) is 0 Å². The van der Waals surface area contributed by atoms with E-state index in [1.807, 2.05) is 0 Å². The Bertz CT molecular complexity index is 363. The van der Waals surface area contributed by atoms with E-state index in [2.05, 4.69) is 5.32 Å². The molecular weight excluding hydrogens is 219 g/mol. The van der Waals surface area contributed by atoms with Gasteiger partial charge in [-0.1, -0.05) is 27.4 Å². The minimum Gasteiger partial charge on any atom is -0.352 e. The Kier molecular flexibility index (Phi) is 3.75. The monoisotopic (exact) mass is 231 g/mol. The Hall–Kier alpha value is -1.02. The number of hydrogen-bond donors (Lipinski definition) is 1. The molecule has 0 aliphatic carbocycles. The van der Waals surface area contributed by atoms with Gasteiger partial charge in [-0.15, -0.1) is 0 Å². The average Bonchev–Trinajstić information content (AvgIpc) is 2.14. The molecule has 1 aromatic carbocycles. The summed E-state index contributed by atoms with van der Waals surface area (Å²) in [6.07, 6.45) is 0. The van der Waals surface area contributed by atoms with Crippen molar-refractivity contribution in [1.29, 1.82) is 0 Å². The van der Waals surface area contributed by atoms with Gasteiger partial charge < -0.3 is 5.32 Å². The van der Waals surface area contributed by atoms with Crippen molar-refractivity contribution in [2.45, 2.75) is 19.1 Å². The van der Waals surface area contributed by atoms with E-state index in [1.165, 1.54) is 28.3 Å². The molecule has 1 atom stereocenters. The molecule has 0 bridgehead atoms. The third kappa shape index (κ3) is 3.92. The summed E-state index contributed by atoms with van der Waals surface area (Å²) >= 11 is 0. The van der Waals surface area contributed by atoms with Crippen LogP contribution in [0.15, 0.2) is 24.3 Å². The lowest BCUT2D eigenvalue weighted by Gasteiger charge is -2.11. The van der Waals surface area contributed by atoms with Gasteiger partial charge in [0.25, 0.3) is 5.66 Å². The highest BCUT2D eigenvalue weighted by molar-refractivity contribution is 7.17. The fourth-order valence-corrected chi connectivity index (χ4v) is 1.29. The first kappa shape index (κ1) is 12.1. The molecule has 0 spiro atoms. The molecule has 1 amide bonds. The van der Waals surface area contributed by atoms with Crippen LogP contribution in [0.2, 0.25) is 0 Å². The summed E-state index contributed by atoms with van der Waals surface area (Å²) in [4.78, 5) is 10.6. The summed E-state index contributed by atoms with van der Waals surface area (Å²) in [5.74, 6) is -0.182. The topological polar surface area (TPSA) is 29.1 Å². The standard InChI is InChI=1S/C10H12F2NOP/c1-7(14)13-6-8-3-2-4-9(5-8)10(11,12)15/h2-5H,6,15H2,1H3,(H,13,14). The van der Waals surface area contributed by atoms with Gasteiger partial charge in [-0.2, -0.15) is 8.78 Å².